The minimum absolute atomic E-state index is 0.154. The lowest BCUT2D eigenvalue weighted by molar-refractivity contribution is -0.142. The highest BCUT2D eigenvalue weighted by molar-refractivity contribution is 7.16. The topological polar surface area (TPSA) is 71.7 Å². The maximum Gasteiger partial charge on any atom is 0.327 e. The summed E-state index contributed by atoms with van der Waals surface area (Å²) in [5.41, 5.74) is 2.31. The van der Waals surface area contributed by atoms with Crippen molar-refractivity contribution >= 4 is 33.4 Å². The standard InChI is InChI=1S/C20H20N2O3S/c1-12(2)17(19(24)25)22-15-6-4-5-7-16(15)26-20(22)21-18(23)14-10-8-13(3)9-11-14/h4-12,17H,1-3H3,(H,24,25). The molecule has 1 heterocycles. The van der Waals surface area contributed by atoms with E-state index in [1.54, 1.807) is 16.7 Å². The third kappa shape index (κ3) is 3.46. The van der Waals surface area contributed by atoms with E-state index in [4.69, 9.17) is 0 Å². The van der Waals surface area contributed by atoms with Gasteiger partial charge in [0.2, 0.25) is 0 Å². The van der Waals surface area contributed by atoms with Crippen LogP contribution in [0.4, 0.5) is 0 Å². The Labute approximate surface area is 155 Å². The number of aromatic nitrogens is 1. The zero-order valence-electron chi connectivity index (χ0n) is 14.8. The average molecular weight is 368 g/mol. The molecule has 0 saturated heterocycles. The summed E-state index contributed by atoms with van der Waals surface area (Å²) in [5.74, 6) is -1.47. The number of benzene rings is 2. The van der Waals surface area contributed by atoms with Crippen LogP contribution in [0.2, 0.25) is 0 Å². The molecule has 1 amide bonds. The van der Waals surface area contributed by atoms with Gasteiger partial charge >= 0.3 is 5.97 Å². The van der Waals surface area contributed by atoms with Gasteiger partial charge in [0.05, 0.1) is 10.2 Å². The number of aliphatic carboxylic acids is 1. The molecule has 1 unspecified atom stereocenters. The fourth-order valence-corrected chi connectivity index (χ4v) is 3.93. The van der Waals surface area contributed by atoms with Crippen LogP contribution >= 0.6 is 11.3 Å². The van der Waals surface area contributed by atoms with Crippen molar-refractivity contribution in [2.75, 3.05) is 0 Å². The first-order valence-electron chi connectivity index (χ1n) is 8.37. The van der Waals surface area contributed by atoms with E-state index >= 15 is 0 Å². The summed E-state index contributed by atoms with van der Waals surface area (Å²) in [6.45, 7) is 5.65. The highest BCUT2D eigenvalue weighted by atomic mass is 32.1. The molecule has 0 saturated carbocycles. The molecule has 0 spiro atoms. The van der Waals surface area contributed by atoms with E-state index < -0.39 is 12.0 Å². The number of para-hydroxylation sites is 1. The van der Waals surface area contributed by atoms with Gasteiger partial charge in [-0.2, -0.15) is 4.99 Å². The van der Waals surface area contributed by atoms with Crippen molar-refractivity contribution in [1.29, 1.82) is 0 Å². The van der Waals surface area contributed by atoms with E-state index in [2.05, 4.69) is 4.99 Å². The lowest BCUT2D eigenvalue weighted by Gasteiger charge is -2.19. The Bertz CT molecular complexity index is 1030. The van der Waals surface area contributed by atoms with Gasteiger partial charge in [0.25, 0.3) is 5.91 Å². The Morgan fingerprint density at radius 1 is 1.08 bits per heavy atom. The van der Waals surface area contributed by atoms with Crippen molar-refractivity contribution in [3.8, 4) is 0 Å². The van der Waals surface area contributed by atoms with Gasteiger partial charge in [0, 0.05) is 5.56 Å². The van der Waals surface area contributed by atoms with Crippen molar-refractivity contribution in [1.82, 2.24) is 4.57 Å². The van der Waals surface area contributed by atoms with E-state index in [1.807, 2.05) is 57.2 Å². The highest BCUT2D eigenvalue weighted by Gasteiger charge is 2.26. The zero-order chi connectivity index (χ0) is 18.8. The number of carbonyl (C=O) groups excluding carboxylic acids is 1. The Morgan fingerprint density at radius 3 is 2.35 bits per heavy atom. The number of amides is 1. The van der Waals surface area contributed by atoms with Crippen molar-refractivity contribution in [2.45, 2.75) is 26.8 Å². The molecule has 5 nitrogen and oxygen atoms in total. The molecule has 134 valence electrons. The molecule has 3 rings (SSSR count). The number of hydrogen-bond acceptors (Lipinski definition) is 3. The number of nitrogens with zero attached hydrogens (tertiary/aromatic N) is 2. The van der Waals surface area contributed by atoms with Gasteiger partial charge in [-0.05, 0) is 37.1 Å². The van der Waals surface area contributed by atoms with Gasteiger partial charge in [0.15, 0.2) is 4.80 Å². The molecule has 6 heteroatoms. The third-order valence-electron chi connectivity index (χ3n) is 4.19. The van der Waals surface area contributed by atoms with E-state index in [-0.39, 0.29) is 11.8 Å². The van der Waals surface area contributed by atoms with Gasteiger partial charge in [-0.25, -0.2) is 4.79 Å². The monoisotopic (exact) mass is 368 g/mol. The van der Waals surface area contributed by atoms with Gasteiger partial charge in [-0.1, -0.05) is 55.0 Å². The Morgan fingerprint density at radius 2 is 1.73 bits per heavy atom. The van der Waals surface area contributed by atoms with E-state index in [9.17, 15) is 14.7 Å². The van der Waals surface area contributed by atoms with Crippen LogP contribution in [0, 0.1) is 12.8 Å². The summed E-state index contributed by atoms with van der Waals surface area (Å²) in [7, 11) is 0. The lowest BCUT2D eigenvalue weighted by Crippen LogP contribution is -2.31. The summed E-state index contributed by atoms with van der Waals surface area (Å²) in [4.78, 5) is 29.1. The predicted molar refractivity (Wildman–Crippen MR) is 102 cm³/mol. The molecule has 3 aromatic rings. The average Bonchev–Trinajstić information content (AvgIpc) is 2.93. The predicted octanol–water partition coefficient (Wildman–Crippen LogP) is 4.03. The maximum absolute atomic E-state index is 12.6. The Kier molecular flexibility index (Phi) is 5.04. The number of aryl methyl sites for hydroxylation is 1. The molecule has 1 atom stereocenters. The van der Waals surface area contributed by atoms with Gasteiger partial charge in [-0.3, -0.25) is 4.79 Å². The molecule has 0 aliphatic carbocycles. The molecule has 0 aliphatic heterocycles. The largest absolute Gasteiger partial charge is 0.480 e. The summed E-state index contributed by atoms with van der Waals surface area (Å²) in [6.07, 6.45) is 0. The molecule has 26 heavy (non-hydrogen) atoms. The van der Waals surface area contributed by atoms with E-state index in [0.29, 0.717) is 10.4 Å². The zero-order valence-corrected chi connectivity index (χ0v) is 15.7. The first-order chi connectivity index (χ1) is 12.4. The quantitative estimate of drug-likeness (QED) is 0.756. The van der Waals surface area contributed by atoms with Gasteiger partial charge in [-0.15, -0.1) is 0 Å². The molecule has 1 aromatic heterocycles. The Hall–Kier alpha value is -2.73. The summed E-state index contributed by atoms with van der Waals surface area (Å²) < 4.78 is 2.56. The third-order valence-corrected chi connectivity index (χ3v) is 5.23. The first-order valence-corrected chi connectivity index (χ1v) is 9.18. The number of rotatable bonds is 4. The molecule has 1 N–H and O–H groups in total. The lowest BCUT2D eigenvalue weighted by atomic mass is 10.0. The number of fused-ring (bicyclic) bond motifs is 1. The number of carbonyl (C=O) groups is 2. The smallest absolute Gasteiger partial charge is 0.327 e. The second-order valence-corrected chi connectivity index (χ2v) is 7.54. The molecule has 2 aromatic carbocycles. The van der Waals surface area contributed by atoms with Crippen LogP contribution in [0.1, 0.15) is 35.8 Å². The summed E-state index contributed by atoms with van der Waals surface area (Å²) in [5, 5.41) is 9.74. The molecular formula is C20H20N2O3S. The van der Waals surface area contributed by atoms with Crippen molar-refractivity contribution in [2.24, 2.45) is 10.9 Å². The van der Waals surface area contributed by atoms with Crippen LogP contribution in [0.3, 0.4) is 0 Å². The molecular weight excluding hydrogens is 348 g/mol. The van der Waals surface area contributed by atoms with Crippen LogP contribution < -0.4 is 4.80 Å². The SMILES string of the molecule is Cc1ccc(C(=O)N=c2sc3ccccc3n2C(C(=O)O)C(C)C)cc1. The van der Waals surface area contributed by atoms with E-state index in [1.165, 1.54) is 11.3 Å². The minimum atomic E-state index is -0.937. The molecule has 0 radical (unpaired) electrons. The van der Waals surface area contributed by atoms with Crippen LogP contribution in [0.5, 0.6) is 0 Å². The van der Waals surface area contributed by atoms with E-state index in [0.717, 1.165) is 15.8 Å². The summed E-state index contributed by atoms with van der Waals surface area (Å²) >= 11 is 1.33. The van der Waals surface area contributed by atoms with Crippen LogP contribution in [0.15, 0.2) is 53.5 Å². The molecule has 0 fully saturated rings. The fraction of sp³-hybridized carbons (Fsp3) is 0.250. The number of carboxylic acids is 1. The van der Waals surface area contributed by atoms with Crippen molar-refractivity contribution in [3.05, 3.63) is 64.5 Å². The van der Waals surface area contributed by atoms with Crippen LogP contribution in [-0.2, 0) is 4.79 Å². The molecule has 0 bridgehead atoms. The van der Waals surface area contributed by atoms with Crippen molar-refractivity contribution < 1.29 is 14.7 Å². The molecule has 0 aliphatic rings. The maximum atomic E-state index is 12.6. The first kappa shape index (κ1) is 18.1. The number of carboxylic acid groups (broad SMARTS) is 1. The fourth-order valence-electron chi connectivity index (χ4n) is 2.88. The summed E-state index contributed by atoms with van der Waals surface area (Å²) in [6, 6.07) is 13.9. The minimum Gasteiger partial charge on any atom is -0.480 e. The second-order valence-electron chi connectivity index (χ2n) is 6.53. The number of hydrogen-bond donors (Lipinski definition) is 1. The van der Waals surface area contributed by atoms with Crippen LogP contribution in [-0.4, -0.2) is 21.6 Å². The van der Waals surface area contributed by atoms with Gasteiger partial charge < -0.3 is 9.67 Å². The second kappa shape index (κ2) is 7.25. The Balaban J connectivity index is 2.22. The van der Waals surface area contributed by atoms with Crippen molar-refractivity contribution in [3.63, 3.8) is 0 Å². The highest BCUT2D eigenvalue weighted by Crippen LogP contribution is 2.25. The normalized spacial score (nSPS) is 13.3. The van der Waals surface area contributed by atoms with Crippen LogP contribution in [0.25, 0.3) is 10.2 Å². The van der Waals surface area contributed by atoms with Gasteiger partial charge in [0.1, 0.15) is 6.04 Å². The number of thiazole rings is 1.